The summed E-state index contributed by atoms with van der Waals surface area (Å²) in [4.78, 5) is 19.8. The van der Waals surface area contributed by atoms with Crippen LogP contribution in [0.3, 0.4) is 0 Å². The van der Waals surface area contributed by atoms with E-state index in [1.165, 1.54) is 12.4 Å². The van der Waals surface area contributed by atoms with E-state index in [0.717, 1.165) is 16.8 Å². The summed E-state index contributed by atoms with van der Waals surface area (Å²) in [6.45, 7) is 0. The maximum atomic E-state index is 14.4. The quantitative estimate of drug-likeness (QED) is 0.597. The van der Waals surface area contributed by atoms with E-state index in [4.69, 9.17) is 0 Å². The lowest BCUT2D eigenvalue weighted by molar-refractivity contribution is -0.115. The third-order valence-electron chi connectivity index (χ3n) is 4.70. The molecule has 1 aliphatic rings. The number of benzene rings is 2. The second-order valence-corrected chi connectivity index (χ2v) is 6.50. The Kier molecular flexibility index (Phi) is 3.72. The second kappa shape index (κ2) is 6.38. The van der Waals surface area contributed by atoms with Gasteiger partial charge in [-0.15, -0.1) is 0 Å². The number of nitrogens with one attached hydrogen (secondary N) is 1. The highest BCUT2D eigenvalue weighted by molar-refractivity contribution is 5.98. The van der Waals surface area contributed by atoms with Crippen LogP contribution in [0.5, 0.6) is 0 Å². The molecule has 0 saturated heterocycles. The molecular formula is C21H14FN5O. The predicted octanol–water partition coefficient (Wildman–Crippen LogP) is 3.63. The highest BCUT2D eigenvalue weighted by atomic mass is 19.1. The molecule has 1 amide bonds. The Morgan fingerprint density at radius 3 is 2.32 bits per heavy atom. The zero-order valence-corrected chi connectivity index (χ0v) is 14.6. The fourth-order valence-corrected chi connectivity index (χ4v) is 3.29. The van der Waals surface area contributed by atoms with Crippen molar-refractivity contribution < 1.29 is 9.18 Å². The van der Waals surface area contributed by atoms with Crippen LogP contribution in [0.25, 0.3) is 28.1 Å². The highest BCUT2D eigenvalue weighted by Crippen LogP contribution is 2.30. The number of pyridine rings is 1. The first-order chi connectivity index (χ1) is 13.7. The normalized spacial score (nSPS) is 12.7. The lowest BCUT2D eigenvalue weighted by Gasteiger charge is -2.08. The Labute approximate surface area is 159 Å². The van der Waals surface area contributed by atoms with Crippen LogP contribution in [0.2, 0.25) is 0 Å². The molecule has 4 aromatic rings. The SMILES string of the molecule is O=C1Cc2nc(-c3ccc(-c4ccc(-n5cncn5)cc4)cc3)c(F)cc2N1. The van der Waals surface area contributed by atoms with E-state index in [9.17, 15) is 9.18 Å². The van der Waals surface area contributed by atoms with Crippen LogP contribution in [0.1, 0.15) is 5.69 Å². The van der Waals surface area contributed by atoms with Crippen LogP contribution in [0.4, 0.5) is 10.1 Å². The fourth-order valence-electron chi connectivity index (χ4n) is 3.29. The Hall–Kier alpha value is -3.87. The standard InChI is InChI=1S/C21H14FN5O/c22-17-9-18-19(10-20(28)25-18)26-21(17)15-3-1-13(2-4-15)14-5-7-16(8-6-14)27-12-23-11-24-27/h1-9,11-12H,10H2,(H,25,28). The number of hydrogen-bond donors (Lipinski definition) is 1. The molecule has 0 atom stereocenters. The van der Waals surface area contributed by atoms with Gasteiger partial charge in [0.25, 0.3) is 0 Å². The Morgan fingerprint density at radius 2 is 1.64 bits per heavy atom. The van der Waals surface area contributed by atoms with Crippen molar-refractivity contribution in [1.29, 1.82) is 0 Å². The van der Waals surface area contributed by atoms with Crippen LogP contribution in [0.15, 0.2) is 67.3 Å². The van der Waals surface area contributed by atoms with Gasteiger partial charge in [0.05, 0.1) is 23.5 Å². The number of amides is 1. The zero-order valence-electron chi connectivity index (χ0n) is 14.6. The third kappa shape index (κ3) is 2.83. The van der Waals surface area contributed by atoms with E-state index >= 15 is 0 Å². The molecule has 6 nitrogen and oxygen atoms in total. The van der Waals surface area contributed by atoms with E-state index in [1.807, 2.05) is 48.5 Å². The number of hydrogen-bond acceptors (Lipinski definition) is 4. The van der Waals surface area contributed by atoms with E-state index in [2.05, 4.69) is 20.4 Å². The molecule has 2 aromatic heterocycles. The van der Waals surface area contributed by atoms with E-state index in [-0.39, 0.29) is 18.0 Å². The smallest absolute Gasteiger partial charge is 0.230 e. The molecule has 0 aliphatic carbocycles. The van der Waals surface area contributed by atoms with Crippen molar-refractivity contribution in [2.75, 3.05) is 5.32 Å². The van der Waals surface area contributed by atoms with Gasteiger partial charge in [0.2, 0.25) is 5.91 Å². The summed E-state index contributed by atoms with van der Waals surface area (Å²) in [6.07, 6.45) is 3.31. The van der Waals surface area contributed by atoms with Crippen molar-refractivity contribution in [3.05, 3.63) is 78.8 Å². The van der Waals surface area contributed by atoms with Crippen LogP contribution in [-0.2, 0) is 11.2 Å². The van der Waals surface area contributed by atoms with Crippen molar-refractivity contribution in [2.45, 2.75) is 6.42 Å². The van der Waals surface area contributed by atoms with Gasteiger partial charge in [-0.3, -0.25) is 4.79 Å². The molecule has 28 heavy (non-hydrogen) atoms. The van der Waals surface area contributed by atoms with Crippen molar-refractivity contribution in [1.82, 2.24) is 19.7 Å². The molecule has 136 valence electrons. The number of aromatic nitrogens is 4. The van der Waals surface area contributed by atoms with Gasteiger partial charge in [-0.25, -0.2) is 19.0 Å². The monoisotopic (exact) mass is 371 g/mol. The first kappa shape index (κ1) is 16.3. The van der Waals surface area contributed by atoms with Crippen LogP contribution in [-0.4, -0.2) is 25.7 Å². The molecule has 1 N–H and O–H groups in total. The highest BCUT2D eigenvalue weighted by Gasteiger charge is 2.22. The van der Waals surface area contributed by atoms with Gasteiger partial charge >= 0.3 is 0 Å². The third-order valence-corrected chi connectivity index (χ3v) is 4.70. The molecule has 1 aliphatic heterocycles. The lowest BCUT2D eigenvalue weighted by atomic mass is 10.0. The Balaban J connectivity index is 1.44. The minimum Gasteiger partial charge on any atom is -0.324 e. The van der Waals surface area contributed by atoms with Gasteiger partial charge in [-0.05, 0) is 23.3 Å². The number of carbonyl (C=O) groups is 1. The maximum absolute atomic E-state index is 14.4. The van der Waals surface area contributed by atoms with Gasteiger partial charge in [0.1, 0.15) is 18.3 Å². The first-order valence-electron chi connectivity index (χ1n) is 8.72. The molecule has 0 saturated carbocycles. The van der Waals surface area contributed by atoms with Crippen LogP contribution in [0, 0.1) is 5.82 Å². The van der Waals surface area contributed by atoms with E-state index in [0.29, 0.717) is 16.9 Å². The zero-order chi connectivity index (χ0) is 19.1. The van der Waals surface area contributed by atoms with Crippen LogP contribution >= 0.6 is 0 Å². The predicted molar refractivity (Wildman–Crippen MR) is 102 cm³/mol. The Bertz CT molecular complexity index is 1170. The minimum atomic E-state index is -0.453. The number of rotatable bonds is 3. The summed E-state index contributed by atoms with van der Waals surface area (Å²) in [6, 6.07) is 16.8. The van der Waals surface area contributed by atoms with Crippen molar-refractivity contribution in [3.8, 4) is 28.1 Å². The summed E-state index contributed by atoms with van der Waals surface area (Å²) in [7, 11) is 0. The van der Waals surface area contributed by atoms with Gasteiger partial charge in [0, 0.05) is 11.6 Å². The molecule has 5 rings (SSSR count). The molecule has 0 radical (unpaired) electrons. The van der Waals surface area contributed by atoms with Gasteiger partial charge in [-0.2, -0.15) is 5.10 Å². The molecular weight excluding hydrogens is 357 g/mol. The molecule has 2 aromatic carbocycles. The van der Waals surface area contributed by atoms with Crippen LogP contribution < -0.4 is 5.32 Å². The summed E-state index contributed by atoms with van der Waals surface area (Å²) in [5.41, 5.74) is 4.92. The first-order valence-corrected chi connectivity index (χ1v) is 8.72. The molecule has 0 unspecified atom stereocenters. The molecule has 0 bridgehead atoms. The maximum Gasteiger partial charge on any atom is 0.230 e. The van der Waals surface area contributed by atoms with Gasteiger partial charge < -0.3 is 5.32 Å². The minimum absolute atomic E-state index is 0.163. The van der Waals surface area contributed by atoms with Crippen molar-refractivity contribution in [2.24, 2.45) is 0 Å². The number of halogens is 1. The molecule has 0 spiro atoms. The van der Waals surface area contributed by atoms with Crippen molar-refractivity contribution >= 4 is 11.6 Å². The second-order valence-electron chi connectivity index (χ2n) is 6.50. The van der Waals surface area contributed by atoms with Gasteiger partial charge in [-0.1, -0.05) is 36.4 Å². The average molecular weight is 371 g/mol. The summed E-state index contributed by atoms with van der Waals surface area (Å²) < 4.78 is 16.1. The average Bonchev–Trinajstić information content (AvgIpc) is 3.37. The molecule has 3 heterocycles. The number of fused-ring (bicyclic) bond motifs is 1. The topological polar surface area (TPSA) is 72.7 Å². The fraction of sp³-hybridized carbons (Fsp3) is 0.0476. The Morgan fingerprint density at radius 1 is 0.964 bits per heavy atom. The summed E-state index contributed by atoms with van der Waals surface area (Å²) >= 11 is 0. The molecule has 7 heteroatoms. The molecule has 0 fully saturated rings. The van der Waals surface area contributed by atoms with Gasteiger partial charge in [0.15, 0.2) is 5.82 Å². The summed E-state index contributed by atoms with van der Waals surface area (Å²) in [5.74, 6) is -0.616. The number of carbonyl (C=O) groups excluding carboxylic acids is 1. The van der Waals surface area contributed by atoms with E-state index in [1.54, 1.807) is 11.0 Å². The largest absolute Gasteiger partial charge is 0.324 e. The summed E-state index contributed by atoms with van der Waals surface area (Å²) in [5, 5.41) is 6.72. The lowest BCUT2D eigenvalue weighted by Crippen LogP contribution is -2.03. The number of anilines is 1. The number of nitrogens with zero attached hydrogens (tertiary/aromatic N) is 4. The van der Waals surface area contributed by atoms with Crippen molar-refractivity contribution in [3.63, 3.8) is 0 Å². The van der Waals surface area contributed by atoms with E-state index < -0.39 is 5.82 Å².